The molecule has 41 heavy (non-hydrogen) atoms. The lowest BCUT2D eigenvalue weighted by molar-refractivity contribution is 0.747. The predicted molar refractivity (Wildman–Crippen MR) is 177 cm³/mol. The summed E-state index contributed by atoms with van der Waals surface area (Å²) >= 11 is 1.66. The molecule has 0 amide bonds. The van der Waals surface area contributed by atoms with Gasteiger partial charge in [-0.3, -0.25) is 4.90 Å². The van der Waals surface area contributed by atoms with Crippen molar-refractivity contribution >= 4 is 44.8 Å². The highest BCUT2D eigenvalue weighted by Crippen LogP contribution is 2.43. The van der Waals surface area contributed by atoms with Crippen molar-refractivity contribution < 1.29 is 0 Å². The van der Waals surface area contributed by atoms with Crippen LogP contribution in [0.15, 0.2) is 161 Å². The van der Waals surface area contributed by atoms with E-state index in [0.717, 1.165) is 27.0 Å². The van der Waals surface area contributed by atoms with Gasteiger partial charge in [0, 0.05) is 11.1 Å². The molecule has 0 fully saturated rings. The second-order valence-electron chi connectivity index (χ2n) is 10.2. The first-order valence-corrected chi connectivity index (χ1v) is 14.6. The number of rotatable bonds is 2. The minimum absolute atomic E-state index is 0.879. The Balaban J connectivity index is 1.50. The maximum Gasteiger partial charge on any atom is 0.138 e. The number of benzene rings is 4. The van der Waals surface area contributed by atoms with Gasteiger partial charge in [-0.2, -0.15) is 0 Å². The molecule has 2 aliphatic heterocycles. The van der Waals surface area contributed by atoms with Crippen LogP contribution in [-0.4, -0.2) is 10.7 Å². The number of amidine groups is 1. The average molecular weight is 545 g/mol. The van der Waals surface area contributed by atoms with Crippen LogP contribution in [0.2, 0.25) is 0 Å². The normalized spacial score (nSPS) is 13.8. The van der Waals surface area contributed by atoms with Crippen LogP contribution in [0.5, 0.6) is 0 Å². The van der Waals surface area contributed by atoms with E-state index in [2.05, 4.69) is 129 Å². The van der Waals surface area contributed by atoms with Crippen LogP contribution >= 0.6 is 11.8 Å². The van der Waals surface area contributed by atoms with E-state index in [9.17, 15) is 0 Å². The lowest BCUT2D eigenvalue weighted by Gasteiger charge is -2.21. The summed E-state index contributed by atoms with van der Waals surface area (Å²) < 4.78 is 0. The van der Waals surface area contributed by atoms with Gasteiger partial charge in [-0.1, -0.05) is 121 Å². The minimum atomic E-state index is 0.879. The van der Waals surface area contributed by atoms with E-state index in [0.29, 0.717) is 0 Å². The summed E-state index contributed by atoms with van der Waals surface area (Å²) in [5.41, 5.74) is 6.88. The Hall–Kier alpha value is -4.86. The third kappa shape index (κ3) is 4.75. The van der Waals surface area contributed by atoms with Crippen LogP contribution < -0.4 is 0 Å². The standard InChI is InChI=1S/C38H28N2S/c1-26-12-4-3-5-15-32(30-20-19-28-13-6-7-14-29(28)24-30)33-16-8-9-17-34(33)38(26)31-21-22-36-35(25-31)39-37-18-10-11-23-40(37)27(2)41-36/h3-25H,2H2,1H3. The zero-order valence-corrected chi connectivity index (χ0v) is 23.6. The molecule has 0 atom stereocenters. The van der Waals surface area contributed by atoms with Crippen molar-refractivity contribution in [1.82, 2.24) is 4.90 Å². The summed E-state index contributed by atoms with van der Waals surface area (Å²) in [5, 5.41) is 5.82. The number of aryl methyl sites for hydroxylation is 1. The monoisotopic (exact) mass is 544 g/mol. The van der Waals surface area contributed by atoms with Gasteiger partial charge in [0.05, 0.1) is 10.7 Å². The Bertz CT molecular complexity index is 2010. The number of aliphatic imine (C=N–C) groups is 1. The Morgan fingerprint density at radius 3 is 2.34 bits per heavy atom. The smallest absolute Gasteiger partial charge is 0.138 e. The highest BCUT2D eigenvalue weighted by atomic mass is 32.2. The molecule has 2 heterocycles. The highest BCUT2D eigenvalue weighted by molar-refractivity contribution is 8.03. The van der Waals surface area contributed by atoms with E-state index in [1.807, 2.05) is 29.3 Å². The van der Waals surface area contributed by atoms with Crippen LogP contribution in [0.1, 0.15) is 5.56 Å². The number of hydrogen-bond acceptors (Lipinski definition) is 3. The molecule has 0 aromatic heterocycles. The van der Waals surface area contributed by atoms with Gasteiger partial charge >= 0.3 is 0 Å². The number of hydrogen-bond donors (Lipinski definition) is 0. The fourth-order valence-corrected chi connectivity index (χ4v) is 6.46. The molecule has 0 unspecified atom stereocenters. The first kappa shape index (κ1) is 25.1. The van der Waals surface area contributed by atoms with E-state index in [1.165, 1.54) is 43.8 Å². The molecule has 3 heteroatoms. The molecule has 0 spiro atoms. The molecule has 5 aromatic carbocycles. The van der Waals surface area contributed by atoms with Gasteiger partial charge in [0.1, 0.15) is 5.84 Å². The maximum absolute atomic E-state index is 5.07. The number of thioether (sulfide) groups is 1. The number of nitrogens with zero attached hydrogens (tertiary/aromatic N) is 2. The molecular formula is C38H28N2S. The van der Waals surface area contributed by atoms with Crippen molar-refractivity contribution in [3.05, 3.63) is 157 Å². The van der Waals surface area contributed by atoms with Gasteiger partial charge in [0.2, 0.25) is 0 Å². The molecule has 2 aliphatic rings. The fraction of sp³-hybridized carbons (Fsp3) is 0.0263. The van der Waals surface area contributed by atoms with Crippen molar-refractivity contribution in [3.8, 4) is 22.3 Å². The second kappa shape index (κ2) is 10.6. The summed E-state index contributed by atoms with van der Waals surface area (Å²) in [7, 11) is 0. The van der Waals surface area contributed by atoms with Crippen LogP contribution in [0, 0.1) is 6.92 Å². The van der Waals surface area contributed by atoms with Gasteiger partial charge in [-0.25, -0.2) is 4.99 Å². The van der Waals surface area contributed by atoms with E-state index in [4.69, 9.17) is 4.99 Å². The average Bonchev–Trinajstić information content (AvgIpc) is 3.14. The van der Waals surface area contributed by atoms with Gasteiger partial charge in [-0.05, 0) is 86.6 Å². The Morgan fingerprint density at radius 2 is 1.44 bits per heavy atom. The van der Waals surface area contributed by atoms with Gasteiger partial charge in [0.15, 0.2) is 0 Å². The molecule has 0 saturated heterocycles. The maximum atomic E-state index is 5.07. The zero-order chi connectivity index (χ0) is 27.8. The van der Waals surface area contributed by atoms with Crippen LogP contribution in [0.25, 0.3) is 43.8 Å². The summed E-state index contributed by atoms with van der Waals surface area (Å²) in [6.07, 6.45) is 8.08. The quantitative estimate of drug-likeness (QED) is 0.220. The van der Waals surface area contributed by atoms with E-state index in [1.54, 1.807) is 11.8 Å². The van der Waals surface area contributed by atoms with Crippen molar-refractivity contribution in [2.24, 2.45) is 4.99 Å². The largest absolute Gasteiger partial charge is 0.296 e. The molecular weight excluding hydrogens is 516 g/mol. The molecule has 7 rings (SSSR count). The van der Waals surface area contributed by atoms with Gasteiger partial charge in [-0.15, -0.1) is 0 Å². The summed E-state index contributed by atoms with van der Waals surface area (Å²) in [6.45, 7) is 6.50. The van der Waals surface area contributed by atoms with E-state index >= 15 is 0 Å². The molecule has 196 valence electrons. The molecule has 0 saturated carbocycles. The molecule has 0 aliphatic carbocycles. The Labute approximate surface area is 245 Å². The minimum Gasteiger partial charge on any atom is -0.296 e. The van der Waals surface area contributed by atoms with Crippen LogP contribution in [0.4, 0.5) is 5.69 Å². The van der Waals surface area contributed by atoms with E-state index in [-0.39, 0.29) is 0 Å². The van der Waals surface area contributed by atoms with Crippen LogP contribution in [-0.2, 0) is 0 Å². The lowest BCUT2D eigenvalue weighted by Crippen LogP contribution is -2.22. The third-order valence-corrected chi connectivity index (χ3v) is 8.59. The zero-order valence-electron chi connectivity index (χ0n) is 22.8. The molecule has 0 N–H and O–H groups in total. The first-order valence-electron chi connectivity index (χ1n) is 13.7. The van der Waals surface area contributed by atoms with Crippen molar-refractivity contribution in [1.29, 1.82) is 0 Å². The van der Waals surface area contributed by atoms with Gasteiger partial charge < -0.3 is 0 Å². The molecule has 0 bridgehead atoms. The highest BCUT2D eigenvalue weighted by Gasteiger charge is 2.20. The summed E-state index contributed by atoms with van der Waals surface area (Å²) in [4.78, 5) is 8.22. The fourth-order valence-electron chi connectivity index (χ4n) is 5.61. The molecule has 2 nitrogen and oxygen atoms in total. The SMILES string of the molecule is C=C1Sc2ccc(-c3c(C)cccccc(-c4ccc5ccccc5c4)c4ccccc34)cc2N=C2C=CC=CN12. The van der Waals surface area contributed by atoms with E-state index < -0.39 is 0 Å². The predicted octanol–water partition coefficient (Wildman–Crippen LogP) is 10.8. The summed E-state index contributed by atoms with van der Waals surface area (Å²) in [5.74, 6) is 0.879. The summed E-state index contributed by atoms with van der Waals surface area (Å²) in [6, 6.07) is 41.5. The Kier molecular flexibility index (Phi) is 6.50. The first-order chi connectivity index (χ1) is 20.2. The molecule has 0 radical (unpaired) electrons. The second-order valence-corrected chi connectivity index (χ2v) is 11.3. The van der Waals surface area contributed by atoms with Crippen LogP contribution in [0.3, 0.4) is 0 Å². The topological polar surface area (TPSA) is 15.6 Å². The number of fused-ring (bicyclic) bond motifs is 4. The lowest BCUT2D eigenvalue weighted by atomic mass is 9.92. The van der Waals surface area contributed by atoms with Crippen molar-refractivity contribution in [3.63, 3.8) is 0 Å². The molecule has 5 aromatic rings. The van der Waals surface area contributed by atoms with Crippen molar-refractivity contribution in [2.45, 2.75) is 11.8 Å². The third-order valence-electron chi connectivity index (χ3n) is 7.59. The van der Waals surface area contributed by atoms with Crippen molar-refractivity contribution in [2.75, 3.05) is 0 Å². The number of allylic oxidation sites excluding steroid dienone is 2. The Morgan fingerprint density at radius 1 is 0.683 bits per heavy atom. The van der Waals surface area contributed by atoms with Gasteiger partial charge in [0.25, 0.3) is 0 Å².